The zero-order chi connectivity index (χ0) is 10.1. The molecule has 3 rings (SSSR count). The molecule has 3 nitrogen and oxygen atoms in total. The zero-order valence-electron chi connectivity index (χ0n) is 7.92. The highest BCUT2D eigenvalue weighted by molar-refractivity contribution is 5.75. The minimum atomic E-state index is 0.744. The molecule has 3 aromatic rings. The highest BCUT2D eigenvalue weighted by atomic mass is 16.3. The van der Waals surface area contributed by atoms with Gasteiger partial charge in [-0.3, -0.25) is 4.98 Å². The third kappa shape index (κ3) is 1.38. The molecule has 72 valence electrons. The van der Waals surface area contributed by atoms with E-state index < -0.39 is 0 Å². The maximum Gasteiger partial charge on any atom is 0.153 e. The van der Waals surface area contributed by atoms with Crippen LogP contribution in [-0.4, -0.2) is 9.97 Å². The fraction of sp³-hybridized carbons (Fsp3) is 0. The van der Waals surface area contributed by atoms with E-state index >= 15 is 0 Å². The smallest absolute Gasteiger partial charge is 0.153 e. The Labute approximate surface area is 86.4 Å². The first-order chi connectivity index (χ1) is 7.43. The lowest BCUT2D eigenvalue weighted by Gasteiger charge is -1.98. The Bertz CT molecular complexity index is 587. The topological polar surface area (TPSA) is 38.9 Å². The first-order valence-corrected chi connectivity index (χ1v) is 4.69. The molecule has 2 aromatic heterocycles. The normalized spacial score (nSPS) is 10.7. The van der Waals surface area contributed by atoms with Gasteiger partial charge in [0.05, 0.1) is 23.5 Å². The summed E-state index contributed by atoms with van der Waals surface area (Å²) in [5.41, 5.74) is 2.54. The number of furan rings is 1. The maximum absolute atomic E-state index is 5.27. The molecule has 0 atom stereocenters. The Morgan fingerprint density at radius 1 is 0.933 bits per heavy atom. The van der Waals surface area contributed by atoms with Gasteiger partial charge in [0.2, 0.25) is 0 Å². The lowest BCUT2D eigenvalue weighted by molar-refractivity contribution is 0.580. The van der Waals surface area contributed by atoms with Crippen LogP contribution in [0.3, 0.4) is 0 Å². The van der Waals surface area contributed by atoms with E-state index in [0.717, 1.165) is 22.5 Å². The molecule has 2 heterocycles. The predicted octanol–water partition coefficient (Wildman–Crippen LogP) is 2.89. The number of benzene rings is 1. The molecule has 0 saturated carbocycles. The summed E-state index contributed by atoms with van der Waals surface area (Å²) in [7, 11) is 0. The van der Waals surface area contributed by atoms with E-state index in [1.165, 1.54) is 0 Å². The number of hydrogen-bond acceptors (Lipinski definition) is 3. The van der Waals surface area contributed by atoms with Crippen molar-refractivity contribution in [1.82, 2.24) is 9.97 Å². The van der Waals surface area contributed by atoms with Gasteiger partial charge in [-0.15, -0.1) is 0 Å². The highest BCUT2D eigenvalue weighted by Gasteiger charge is 2.03. The quantitative estimate of drug-likeness (QED) is 0.600. The Hall–Kier alpha value is -2.16. The van der Waals surface area contributed by atoms with Crippen molar-refractivity contribution in [3.8, 4) is 11.5 Å². The van der Waals surface area contributed by atoms with Crippen molar-refractivity contribution in [3.05, 3.63) is 48.9 Å². The van der Waals surface area contributed by atoms with Gasteiger partial charge in [-0.05, 0) is 24.3 Å². The average molecular weight is 196 g/mol. The second-order valence-electron chi connectivity index (χ2n) is 3.22. The summed E-state index contributed by atoms with van der Waals surface area (Å²) >= 11 is 0. The van der Waals surface area contributed by atoms with Crippen LogP contribution in [0.5, 0.6) is 0 Å². The summed E-state index contributed by atoms with van der Waals surface area (Å²) < 4.78 is 5.27. The molecule has 0 unspecified atom stereocenters. The van der Waals surface area contributed by atoms with Crippen LogP contribution in [0.4, 0.5) is 0 Å². The summed E-state index contributed by atoms with van der Waals surface area (Å²) in [5.74, 6) is 0.744. The van der Waals surface area contributed by atoms with Crippen molar-refractivity contribution in [2.24, 2.45) is 0 Å². The van der Waals surface area contributed by atoms with E-state index in [0.29, 0.717) is 0 Å². The summed E-state index contributed by atoms with van der Waals surface area (Å²) in [6, 6.07) is 11.5. The van der Waals surface area contributed by atoms with Crippen LogP contribution in [0.1, 0.15) is 0 Å². The molecule has 0 radical (unpaired) electrons. The Balaban J connectivity index is 2.22. The minimum Gasteiger partial charge on any atom is -0.463 e. The molecule has 0 spiro atoms. The van der Waals surface area contributed by atoms with Crippen LogP contribution in [0.2, 0.25) is 0 Å². The van der Waals surface area contributed by atoms with Crippen LogP contribution < -0.4 is 0 Å². The fourth-order valence-corrected chi connectivity index (χ4v) is 1.50. The lowest BCUT2D eigenvalue weighted by atomic mass is 10.3. The fourth-order valence-electron chi connectivity index (χ4n) is 1.50. The van der Waals surface area contributed by atoms with Crippen molar-refractivity contribution < 1.29 is 4.42 Å². The minimum absolute atomic E-state index is 0.744. The van der Waals surface area contributed by atoms with Gasteiger partial charge in [-0.1, -0.05) is 12.1 Å². The van der Waals surface area contributed by atoms with Crippen LogP contribution in [0.25, 0.3) is 22.5 Å². The number of para-hydroxylation sites is 2. The first-order valence-electron chi connectivity index (χ1n) is 4.69. The summed E-state index contributed by atoms with van der Waals surface area (Å²) in [6.45, 7) is 0. The summed E-state index contributed by atoms with van der Waals surface area (Å²) in [4.78, 5) is 8.78. The van der Waals surface area contributed by atoms with Crippen molar-refractivity contribution in [2.75, 3.05) is 0 Å². The largest absolute Gasteiger partial charge is 0.463 e. The third-order valence-corrected chi connectivity index (χ3v) is 2.22. The number of nitrogens with zero attached hydrogens (tertiary/aromatic N) is 2. The molecule has 0 N–H and O–H groups in total. The monoisotopic (exact) mass is 196 g/mol. The second-order valence-corrected chi connectivity index (χ2v) is 3.22. The van der Waals surface area contributed by atoms with Gasteiger partial charge < -0.3 is 4.42 Å². The van der Waals surface area contributed by atoms with Gasteiger partial charge in [0.25, 0.3) is 0 Å². The molecule has 0 aliphatic heterocycles. The molecule has 0 aliphatic rings. The predicted molar refractivity (Wildman–Crippen MR) is 57.2 cm³/mol. The van der Waals surface area contributed by atoms with Crippen LogP contribution >= 0.6 is 0 Å². The maximum atomic E-state index is 5.27. The third-order valence-electron chi connectivity index (χ3n) is 2.22. The van der Waals surface area contributed by atoms with Crippen LogP contribution in [0, 0.1) is 0 Å². The molecule has 15 heavy (non-hydrogen) atoms. The average Bonchev–Trinajstić information content (AvgIpc) is 2.82. The van der Waals surface area contributed by atoms with E-state index in [9.17, 15) is 0 Å². The van der Waals surface area contributed by atoms with Crippen molar-refractivity contribution in [3.63, 3.8) is 0 Å². The zero-order valence-corrected chi connectivity index (χ0v) is 7.92. The second kappa shape index (κ2) is 3.20. The van der Waals surface area contributed by atoms with E-state index in [1.54, 1.807) is 12.5 Å². The van der Waals surface area contributed by atoms with E-state index in [-0.39, 0.29) is 0 Å². The molecule has 0 bridgehead atoms. The van der Waals surface area contributed by atoms with Crippen molar-refractivity contribution in [2.45, 2.75) is 0 Å². The SMILES string of the molecule is c1coc(-c2cnc3ccccc3n2)c1. The van der Waals surface area contributed by atoms with Gasteiger partial charge in [-0.2, -0.15) is 0 Å². The standard InChI is InChI=1S/C12H8N2O/c1-2-5-10-9(4-1)13-8-11(14-10)12-6-3-7-15-12/h1-8H. The van der Waals surface area contributed by atoms with Gasteiger partial charge in [0, 0.05) is 0 Å². The summed E-state index contributed by atoms with van der Waals surface area (Å²) in [5, 5.41) is 0. The van der Waals surface area contributed by atoms with Gasteiger partial charge in [0.15, 0.2) is 5.76 Å². The molecule has 0 amide bonds. The van der Waals surface area contributed by atoms with E-state index in [2.05, 4.69) is 9.97 Å². The molecule has 0 saturated heterocycles. The van der Waals surface area contributed by atoms with Gasteiger partial charge in [-0.25, -0.2) is 4.98 Å². The van der Waals surface area contributed by atoms with Crippen molar-refractivity contribution in [1.29, 1.82) is 0 Å². The molecule has 0 fully saturated rings. The molecule has 1 aromatic carbocycles. The molecule has 3 heteroatoms. The number of hydrogen-bond donors (Lipinski definition) is 0. The van der Waals surface area contributed by atoms with Crippen LogP contribution in [0.15, 0.2) is 53.3 Å². The molecular formula is C12H8N2O. The first kappa shape index (κ1) is 8.17. The van der Waals surface area contributed by atoms with Crippen molar-refractivity contribution >= 4 is 11.0 Å². The van der Waals surface area contributed by atoms with E-state index in [1.807, 2.05) is 36.4 Å². The van der Waals surface area contributed by atoms with Gasteiger partial charge >= 0.3 is 0 Å². The Kier molecular flexibility index (Phi) is 1.75. The highest BCUT2D eigenvalue weighted by Crippen LogP contribution is 2.18. The molecule has 0 aliphatic carbocycles. The lowest BCUT2D eigenvalue weighted by Crippen LogP contribution is -1.86. The van der Waals surface area contributed by atoms with Crippen LogP contribution in [-0.2, 0) is 0 Å². The Morgan fingerprint density at radius 3 is 2.60 bits per heavy atom. The van der Waals surface area contributed by atoms with E-state index in [4.69, 9.17) is 4.42 Å². The van der Waals surface area contributed by atoms with Gasteiger partial charge in [0.1, 0.15) is 5.69 Å². The number of aromatic nitrogens is 2. The summed E-state index contributed by atoms with van der Waals surface area (Å²) in [6.07, 6.45) is 3.35. The number of fused-ring (bicyclic) bond motifs is 1. The Morgan fingerprint density at radius 2 is 1.80 bits per heavy atom. The number of rotatable bonds is 1. The molecular weight excluding hydrogens is 188 g/mol.